The van der Waals surface area contributed by atoms with Gasteiger partial charge in [-0.3, -0.25) is 0 Å². The molecule has 1 aromatic rings. The Hall–Kier alpha value is -1.09. The van der Waals surface area contributed by atoms with Crippen LogP contribution in [0.4, 0.5) is 0 Å². The molecule has 1 aromatic heterocycles. The number of rotatable bonds is 2. The molecule has 0 unspecified atom stereocenters. The highest BCUT2D eigenvalue weighted by Crippen LogP contribution is 2.22. The molecule has 1 N–H and O–H groups in total. The van der Waals surface area contributed by atoms with E-state index in [1.807, 2.05) is 19.1 Å². The van der Waals surface area contributed by atoms with Crippen molar-refractivity contribution >= 4 is 22.9 Å². The van der Waals surface area contributed by atoms with Gasteiger partial charge in [-0.1, -0.05) is 0 Å². The maximum Gasteiger partial charge on any atom is 0.328 e. The highest BCUT2D eigenvalue weighted by Gasteiger charge is 2.00. The average molecular weight is 182 g/mol. The van der Waals surface area contributed by atoms with E-state index in [-0.39, 0.29) is 0 Å². The monoisotopic (exact) mass is 182 g/mol. The van der Waals surface area contributed by atoms with E-state index in [4.69, 9.17) is 5.11 Å². The number of carbonyl (C=O) groups is 1. The van der Waals surface area contributed by atoms with Crippen molar-refractivity contribution in [2.75, 3.05) is 0 Å². The van der Waals surface area contributed by atoms with Crippen molar-refractivity contribution in [1.29, 1.82) is 0 Å². The Kier molecular flexibility index (Phi) is 2.65. The molecule has 0 saturated carbocycles. The third-order valence-corrected chi connectivity index (χ3v) is 2.61. The van der Waals surface area contributed by atoms with Crippen molar-refractivity contribution in [3.05, 3.63) is 28.0 Å². The van der Waals surface area contributed by atoms with E-state index < -0.39 is 5.97 Å². The smallest absolute Gasteiger partial charge is 0.328 e. The average Bonchev–Trinajstić information content (AvgIpc) is 2.34. The van der Waals surface area contributed by atoms with Crippen LogP contribution in [0, 0.1) is 6.92 Å². The Morgan fingerprint density at radius 1 is 1.58 bits per heavy atom. The molecule has 0 aromatic carbocycles. The van der Waals surface area contributed by atoms with Crippen LogP contribution in [0.1, 0.15) is 16.7 Å². The van der Waals surface area contributed by atoms with Crippen LogP contribution >= 0.6 is 11.3 Å². The number of thiophene rings is 1. The molecule has 0 aliphatic heterocycles. The van der Waals surface area contributed by atoms with Gasteiger partial charge >= 0.3 is 5.97 Å². The molecule has 0 bridgehead atoms. The molecule has 12 heavy (non-hydrogen) atoms. The second kappa shape index (κ2) is 3.54. The first-order chi connectivity index (χ1) is 5.59. The number of carboxylic acid groups (broad SMARTS) is 1. The third kappa shape index (κ3) is 2.20. The fourth-order valence-corrected chi connectivity index (χ4v) is 1.74. The van der Waals surface area contributed by atoms with E-state index in [1.54, 1.807) is 18.3 Å². The van der Waals surface area contributed by atoms with E-state index in [0.717, 1.165) is 10.5 Å². The summed E-state index contributed by atoms with van der Waals surface area (Å²) < 4.78 is 0. The summed E-state index contributed by atoms with van der Waals surface area (Å²) in [5, 5.41) is 8.48. The molecular formula is C9H10O2S. The van der Waals surface area contributed by atoms with Crippen LogP contribution in [-0.2, 0) is 4.79 Å². The quantitative estimate of drug-likeness (QED) is 0.714. The summed E-state index contributed by atoms with van der Waals surface area (Å²) in [4.78, 5) is 12.5. The van der Waals surface area contributed by atoms with Gasteiger partial charge < -0.3 is 5.11 Å². The Bertz CT molecular complexity index is 323. The Balaban J connectivity index is 2.91. The number of aryl methyl sites for hydroxylation is 1. The molecule has 0 spiro atoms. The molecule has 0 aliphatic rings. The molecule has 0 radical (unpaired) electrons. The van der Waals surface area contributed by atoms with Crippen molar-refractivity contribution in [1.82, 2.24) is 0 Å². The first kappa shape index (κ1) is 9.00. The highest BCUT2D eigenvalue weighted by atomic mass is 32.1. The van der Waals surface area contributed by atoms with Gasteiger partial charge in [0.1, 0.15) is 0 Å². The van der Waals surface area contributed by atoms with Crippen molar-refractivity contribution in [2.45, 2.75) is 13.8 Å². The second-order valence-electron chi connectivity index (χ2n) is 2.58. The van der Waals surface area contributed by atoms with E-state index in [9.17, 15) is 4.79 Å². The summed E-state index contributed by atoms with van der Waals surface area (Å²) >= 11 is 1.61. The molecule has 3 heteroatoms. The van der Waals surface area contributed by atoms with Crippen LogP contribution < -0.4 is 0 Å². The molecule has 1 heterocycles. The lowest BCUT2D eigenvalue weighted by Gasteiger charge is -1.92. The first-order valence-corrected chi connectivity index (χ1v) is 4.39. The first-order valence-electron chi connectivity index (χ1n) is 3.57. The summed E-state index contributed by atoms with van der Waals surface area (Å²) in [6.45, 7) is 3.81. The van der Waals surface area contributed by atoms with E-state index in [1.165, 1.54) is 11.0 Å². The van der Waals surface area contributed by atoms with Crippen molar-refractivity contribution in [2.24, 2.45) is 0 Å². The number of hydrogen-bond donors (Lipinski definition) is 1. The molecule has 0 atom stereocenters. The SMILES string of the molecule is C/C(=C\C(=O)O)c1ccc(C)s1. The maximum absolute atomic E-state index is 10.3. The lowest BCUT2D eigenvalue weighted by Crippen LogP contribution is -1.88. The number of allylic oxidation sites excluding steroid dienone is 1. The zero-order valence-electron chi connectivity index (χ0n) is 7.00. The Morgan fingerprint density at radius 2 is 2.25 bits per heavy atom. The molecular weight excluding hydrogens is 172 g/mol. The maximum atomic E-state index is 10.3. The van der Waals surface area contributed by atoms with Crippen LogP contribution in [0.5, 0.6) is 0 Å². The number of hydrogen-bond acceptors (Lipinski definition) is 2. The van der Waals surface area contributed by atoms with Crippen LogP contribution in [0.3, 0.4) is 0 Å². The predicted molar refractivity (Wildman–Crippen MR) is 50.3 cm³/mol. The normalized spacial score (nSPS) is 11.7. The number of aliphatic carboxylic acids is 1. The van der Waals surface area contributed by atoms with Gasteiger partial charge in [0.2, 0.25) is 0 Å². The molecule has 1 rings (SSSR count). The third-order valence-electron chi connectivity index (χ3n) is 1.47. The largest absolute Gasteiger partial charge is 0.478 e. The minimum atomic E-state index is -0.890. The van der Waals surface area contributed by atoms with Crippen molar-refractivity contribution in [3.8, 4) is 0 Å². The number of carboxylic acids is 1. The van der Waals surface area contributed by atoms with Gasteiger partial charge in [0.05, 0.1) is 0 Å². The lowest BCUT2D eigenvalue weighted by atomic mass is 10.2. The predicted octanol–water partition coefficient (Wildman–Crippen LogP) is 2.54. The van der Waals surface area contributed by atoms with Gasteiger partial charge in [-0.05, 0) is 31.6 Å². The van der Waals surface area contributed by atoms with Crippen molar-refractivity contribution < 1.29 is 9.90 Å². The molecule has 0 fully saturated rings. The van der Waals surface area contributed by atoms with Crippen LogP contribution in [0.25, 0.3) is 5.57 Å². The summed E-state index contributed by atoms with van der Waals surface area (Å²) in [6.07, 6.45) is 1.23. The standard InChI is InChI=1S/C9H10O2S/c1-6(5-9(10)11)8-4-3-7(2)12-8/h3-5H,1-2H3,(H,10,11)/b6-5+. The van der Waals surface area contributed by atoms with Gasteiger partial charge in [0, 0.05) is 15.8 Å². The van der Waals surface area contributed by atoms with Crippen LogP contribution in [-0.4, -0.2) is 11.1 Å². The highest BCUT2D eigenvalue weighted by molar-refractivity contribution is 7.13. The zero-order chi connectivity index (χ0) is 9.14. The van der Waals surface area contributed by atoms with Gasteiger partial charge in [-0.15, -0.1) is 11.3 Å². The Labute approximate surface area is 75.2 Å². The van der Waals surface area contributed by atoms with E-state index in [2.05, 4.69) is 0 Å². The van der Waals surface area contributed by atoms with E-state index in [0.29, 0.717) is 0 Å². The minimum Gasteiger partial charge on any atom is -0.478 e. The van der Waals surface area contributed by atoms with Crippen LogP contribution in [0.15, 0.2) is 18.2 Å². The summed E-state index contributed by atoms with van der Waals surface area (Å²) in [6, 6.07) is 3.92. The van der Waals surface area contributed by atoms with Crippen LogP contribution in [0.2, 0.25) is 0 Å². The lowest BCUT2D eigenvalue weighted by molar-refractivity contribution is -0.131. The molecule has 0 saturated heterocycles. The zero-order valence-corrected chi connectivity index (χ0v) is 7.81. The summed E-state index contributed by atoms with van der Waals surface area (Å²) in [5.74, 6) is -0.890. The molecule has 0 aliphatic carbocycles. The minimum absolute atomic E-state index is 0.806. The fourth-order valence-electron chi connectivity index (χ4n) is 0.903. The van der Waals surface area contributed by atoms with Gasteiger partial charge in [0.25, 0.3) is 0 Å². The van der Waals surface area contributed by atoms with Gasteiger partial charge in [-0.2, -0.15) is 0 Å². The topological polar surface area (TPSA) is 37.3 Å². The summed E-state index contributed by atoms with van der Waals surface area (Å²) in [7, 11) is 0. The Morgan fingerprint density at radius 3 is 2.67 bits per heavy atom. The second-order valence-corrected chi connectivity index (χ2v) is 3.86. The van der Waals surface area contributed by atoms with Gasteiger partial charge in [-0.25, -0.2) is 4.79 Å². The molecule has 2 nitrogen and oxygen atoms in total. The van der Waals surface area contributed by atoms with E-state index >= 15 is 0 Å². The summed E-state index contributed by atoms with van der Waals surface area (Å²) in [5.41, 5.74) is 0.806. The molecule has 0 amide bonds. The van der Waals surface area contributed by atoms with Gasteiger partial charge in [0.15, 0.2) is 0 Å². The molecule has 64 valence electrons. The van der Waals surface area contributed by atoms with Crippen molar-refractivity contribution in [3.63, 3.8) is 0 Å². The fraction of sp³-hybridized carbons (Fsp3) is 0.222.